The van der Waals surface area contributed by atoms with Gasteiger partial charge in [-0.3, -0.25) is 14.4 Å². The van der Waals surface area contributed by atoms with E-state index in [0.29, 0.717) is 12.0 Å². The largest absolute Gasteiger partial charge is 0.469 e. The smallest absolute Gasteiger partial charge is 0.309 e. The summed E-state index contributed by atoms with van der Waals surface area (Å²) in [6.45, 7) is 0. The van der Waals surface area contributed by atoms with E-state index in [4.69, 9.17) is 9.47 Å². The Bertz CT molecular complexity index is 907. The first-order valence-electron chi connectivity index (χ1n) is 9.88. The fourth-order valence-electron chi connectivity index (χ4n) is 5.61. The summed E-state index contributed by atoms with van der Waals surface area (Å²) in [5.74, 6) is -2.99. The van der Waals surface area contributed by atoms with Crippen LogP contribution in [-0.2, 0) is 19.1 Å². The predicted molar refractivity (Wildman–Crippen MR) is 106 cm³/mol. The first kappa shape index (κ1) is 19.4. The molecular weight excluding hydrogens is 368 g/mol. The van der Waals surface area contributed by atoms with Gasteiger partial charge in [-0.1, -0.05) is 60.7 Å². The van der Waals surface area contributed by atoms with Crippen molar-refractivity contribution in [3.8, 4) is 0 Å². The molecule has 0 N–H and O–H groups in total. The van der Waals surface area contributed by atoms with Gasteiger partial charge in [0.15, 0.2) is 5.78 Å². The Morgan fingerprint density at radius 1 is 0.724 bits per heavy atom. The molecule has 4 rings (SSSR count). The SMILES string of the molecule is COC(=O)[C@@H]1[C@@H]2C[C@H]([C@@H]1C(=O)OC)[C@@H](c1ccccc1)[C@H]2C(=O)c1ccccc1. The van der Waals surface area contributed by atoms with E-state index in [9.17, 15) is 14.4 Å². The van der Waals surface area contributed by atoms with Gasteiger partial charge in [-0.05, 0) is 29.7 Å². The summed E-state index contributed by atoms with van der Waals surface area (Å²) >= 11 is 0. The van der Waals surface area contributed by atoms with Crippen LogP contribution < -0.4 is 0 Å². The maximum Gasteiger partial charge on any atom is 0.309 e. The lowest BCUT2D eigenvalue weighted by Gasteiger charge is -2.38. The minimum absolute atomic E-state index is 0.0178. The van der Waals surface area contributed by atoms with Crippen LogP contribution in [0.3, 0.4) is 0 Å². The van der Waals surface area contributed by atoms with E-state index in [-0.39, 0.29) is 29.5 Å². The van der Waals surface area contributed by atoms with Crippen molar-refractivity contribution < 1.29 is 23.9 Å². The summed E-state index contributed by atoms with van der Waals surface area (Å²) in [5, 5.41) is 0. The van der Waals surface area contributed by atoms with Crippen molar-refractivity contribution in [3.63, 3.8) is 0 Å². The quantitative estimate of drug-likeness (QED) is 0.575. The van der Waals surface area contributed by atoms with Gasteiger partial charge in [-0.2, -0.15) is 0 Å². The number of esters is 2. The third-order valence-corrected chi connectivity index (χ3v) is 6.66. The number of rotatable bonds is 5. The highest BCUT2D eigenvalue weighted by atomic mass is 16.5. The zero-order valence-corrected chi connectivity index (χ0v) is 16.5. The number of hydrogen-bond donors (Lipinski definition) is 0. The van der Waals surface area contributed by atoms with Gasteiger partial charge >= 0.3 is 11.9 Å². The van der Waals surface area contributed by atoms with Gasteiger partial charge in [-0.15, -0.1) is 0 Å². The molecular formula is C24H24O5. The van der Waals surface area contributed by atoms with Crippen molar-refractivity contribution in [2.24, 2.45) is 29.6 Å². The van der Waals surface area contributed by atoms with Crippen LogP contribution in [0.2, 0.25) is 0 Å². The molecule has 0 spiro atoms. The standard InChI is InChI=1S/C24H24O5/c1-28-23(26)20-16-13-17(21(20)24(27)29-2)19(18(16)14-9-5-3-6-10-14)22(25)15-11-7-4-8-12-15/h3-12,16-21H,13H2,1-2H3/t16-,17+,18+,19-,20-,21+/m0/s1. The number of carbonyl (C=O) groups is 3. The predicted octanol–water partition coefficient (Wildman–Crippen LogP) is 3.50. The molecule has 2 fully saturated rings. The summed E-state index contributed by atoms with van der Waals surface area (Å²) in [4.78, 5) is 38.8. The van der Waals surface area contributed by atoms with Crippen LogP contribution in [-0.4, -0.2) is 31.9 Å². The second kappa shape index (κ2) is 7.82. The van der Waals surface area contributed by atoms with Crippen molar-refractivity contribution >= 4 is 17.7 Å². The lowest BCUT2D eigenvalue weighted by Crippen LogP contribution is -2.44. The number of fused-ring (bicyclic) bond motifs is 2. The minimum Gasteiger partial charge on any atom is -0.469 e. The highest BCUT2D eigenvalue weighted by Crippen LogP contribution is 2.63. The average molecular weight is 392 g/mol. The van der Waals surface area contributed by atoms with Crippen molar-refractivity contribution in [1.29, 1.82) is 0 Å². The van der Waals surface area contributed by atoms with E-state index >= 15 is 0 Å². The van der Waals surface area contributed by atoms with E-state index in [2.05, 4.69) is 0 Å². The molecule has 2 aromatic carbocycles. The van der Waals surface area contributed by atoms with Crippen LogP contribution >= 0.6 is 0 Å². The lowest BCUT2D eigenvalue weighted by atomic mass is 9.64. The summed E-state index contributed by atoms with van der Waals surface area (Å²) < 4.78 is 10.1. The lowest BCUT2D eigenvalue weighted by molar-refractivity contribution is -0.161. The monoisotopic (exact) mass is 392 g/mol. The fraction of sp³-hybridized carbons (Fsp3) is 0.375. The topological polar surface area (TPSA) is 69.7 Å². The number of hydrogen-bond acceptors (Lipinski definition) is 5. The van der Waals surface area contributed by atoms with E-state index in [1.165, 1.54) is 14.2 Å². The van der Waals surface area contributed by atoms with Crippen LogP contribution in [0.4, 0.5) is 0 Å². The molecule has 6 atom stereocenters. The molecule has 0 aromatic heterocycles. The maximum atomic E-state index is 13.6. The number of carbonyl (C=O) groups excluding carboxylic acids is 3. The van der Waals surface area contributed by atoms with Gasteiger partial charge in [0.05, 0.1) is 26.1 Å². The molecule has 2 aromatic rings. The molecule has 0 amide bonds. The summed E-state index contributed by atoms with van der Waals surface area (Å²) in [6.07, 6.45) is 0.627. The fourth-order valence-corrected chi connectivity index (χ4v) is 5.61. The van der Waals surface area contributed by atoms with Crippen LogP contribution in [0.15, 0.2) is 60.7 Å². The van der Waals surface area contributed by atoms with Crippen LogP contribution in [0.25, 0.3) is 0 Å². The second-order valence-corrected chi connectivity index (χ2v) is 7.85. The molecule has 0 unspecified atom stereocenters. The van der Waals surface area contributed by atoms with Gasteiger partial charge in [0.25, 0.3) is 0 Å². The highest BCUT2D eigenvalue weighted by molar-refractivity contribution is 6.00. The zero-order valence-electron chi connectivity index (χ0n) is 16.5. The van der Waals surface area contributed by atoms with Crippen LogP contribution in [0.5, 0.6) is 0 Å². The van der Waals surface area contributed by atoms with Crippen LogP contribution in [0.1, 0.15) is 28.3 Å². The van der Waals surface area contributed by atoms with Gasteiger partial charge in [-0.25, -0.2) is 0 Å². The normalized spacial score (nSPS) is 30.0. The molecule has 2 bridgehead atoms. The Morgan fingerprint density at radius 2 is 1.24 bits per heavy atom. The minimum atomic E-state index is -0.657. The Balaban J connectivity index is 1.81. The van der Waals surface area contributed by atoms with E-state index in [0.717, 1.165) is 5.56 Å². The van der Waals surface area contributed by atoms with Crippen molar-refractivity contribution in [2.45, 2.75) is 12.3 Å². The number of methoxy groups -OCH3 is 2. The molecule has 5 nitrogen and oxygen atoms in total. The molecule has 29 heavy (non-hydrogen) atoms. The van der Waals surface area contributed by atoms with E-state index < -0.39 is 23.8 Å². The Hall–Kier alpha value is -2.95. The molecule has 0 heterocycles. The Morgan fingerprint density at radius 3 is 1.79 bits per heavy atom. The molecule has 5 heteroatoms. The Labute approximate surface area is 170 Å². The first-order chi connectivity index (χ1) is 14.1. The molecule has 0 saturated heterocycles. The number of ether oxygens (including phenoxy) is 2. The van der Waals surface area contributed by atoms with Gasteiger partial charge in [0.1, 0.15) is 0 Å². The Kier molecular flexibility index (Phi) is 5.22. The number of ketones is 1. The molecule has 2 saturated carbocycles. The third-order valence-electron chi connectivity index (χ3n) is 6.66. The van der Waals surface area contributed by atoms with Gasteiger partial charge < -0.3 is 9.47 Å². The van der Waals surface area contributed by atoms with Gasteiger partial charge in [0.2, 0.25) is 0 Å². The highest BCUT2D eigenvalue weighted by Gasteiger charge is 2.65. The molecule has 0 aliphatic heterocycles. The number of benzene rings is 2. The molecule has 2 aliphatic rings. The third kappa shape index (κ3) is 3.15. The van der Waals surface area contributed by atoms with Crippen molar-refractivity contribution in [3.05, 3.63) is 71.8 Å². The maximum absolute atomic E-state index is 13.6. The molecule has 150 valence electrons. The molecule has 2 aliphatic carbocycles. The van der Waals surface area contributed by atoms with E-state index in [1.54, 1.807) is 12.1 Å². The zero-order chi connectivity index (χ0) is 20.5. The second-order valence-electron chi connectivity index (χ2n) is 7.85. The average Bonchev–Trinajstić information content (AvgIpc) is 3.35. The summed E-state index contributed by atoms with van der Waals surface area (Å²) in [5.41, 5.74) is 1.65. The van der Waals surface area contributed by atoms with Crippen LogP contribution in [0, 0.1) is 29.6 Å². The summed E-state index contributed by atoms with van der Waals surface area (Å²) in [7, 11) is 2.66. The first-order valence-corrected chi connectivity index (χ1v) is 9.88. The van der Waals surface area contributed by atoms with E-state index in [1.807, 2.05) is 48.5 Å². The number of Topliss-reactive ketones (excluding diaryl/α,β-unsaturated/α-hetero) is 1. The molecule has 0 radical (unpaired) electrons. The van der Waals surface area contributed by atoms with Crippen molar-refractivity contribution in [2.75, 3.05) is 14.2 Å². The van der Waals surface area contributed by atoms with Crippen molar-refractivity contribution in [1.82, 2.24) is 0 Å². The summed E-state index contributed by atoms with van der Waals surface area (Å²) in [6, 6.07) is 19.0. The van der Waals surface area contributed by atoms with Gasteiger partial charge in [0, 0.05) is 11.5 Å².